The lowest BCUT2D eigenvalue weighted by molar-refractivity contribution is -0.142. The van der Waals surface area contributed by atoms with E-state index in [1.54, 1.807) is 4.90 Å². The average molecular weight is 257 g/mol. The van der Waals surface area contributed by atoms with Crippen molar-refractivity contribution in [2.75, 3.05) is 32.7 Å². The van der Waals surface area contributed by atoms with Crippen LogP contribution in [0.4, 0.5) is 4.79 Å². The summed E-state index contributed by atoms with van der Waals surface area (Å²) in [6.45, 7) is 7.18. The predicted octanol–water partition coefficient (Wildman–Crippen LogP) is 0.348. The number of urea groups is 1. The van der Waals surface area contributed by atoms with Gasteiger partial charge in [-0.25, -0.2) is 4.79 Å². The minimum absolute atomic E-state index is 0.0232. The highest BCUT2D eigenvalue weighted by Crippen LogP contribution is 2.22. The zero-order valence-electron chi connectivity index (χ0n) is 11.1. The van der Waals surface area contributed by atoms with Gasteiger partial charge in [-0.15, -0.1) is 0 Å². The molecule has 0 radical (unpaired) electrons. The molecule has 18 heavy (non-hydrogen) atoms. The summed E-state index contributed by atoms with van der Waals surface area (Å²) in [5.74, 6) is -1.22. The second kappa shape index (κ2) is 7.20. The number of carboxylic acids is 1. The Hall–Kier alpha value is -1.30. The average Bonchev–Trinajstić information content (AvgIpc) is 2.71. The summed E-state index contributed by atoms with van der Waals surface area (Å²) in [4.78, 5) is 24.3. The third kappa shape index (κ3) is 4.18. The van der Waals surface area contributed by atoms with E-state index in [1.165, 1.54) is 0 Å². The molecule has 6 heteroatoms. The Morgan fingerprint density at radius 1 is 1.33 bits per heavy atom. The zero-order chi connectivity index (χ0) is 13.5. The van der Waals surface area contributed by atoms with Crippen LogP contribution in [0.25, 0.3) is 0 Å². The molecule has 1 fully saturated rings. The van der Waals surface area contributed by atoms with E-state index in [9.17, 15) is 9.59 Å². The van der Waals surface area contributed by atoms with Gasteiger partial charge in [0.2, 0.25) is 0 Å². The smallest absolute Gasteiger partial charge is 0.317 e. The van der Waals surface area contributed by atoms with Gasteiger partial charge in [0.1, 0.15) is 0 Å². The van der Waals surface area contributed by atoms with Gasteiger partial charge in [-0.05, 0) is 25.4 Å². The lowest BCUT2D eigenvalue weighted by atomic mass is 9.99. The summed E-state index contributed by atoms with van der Waals surface area (Å²) in [5, 5.41) is 15.0. The number of carboxylic acid groups (broad SMARTS) is 1. The van der Waals surface area contributed by atoms with E-state index in [0.29, 0.717) is 19.6 Å². The molecule has 2 amide bonds. The summed E-state index contributed by atoms with van der Waals surface area (Å²) >= 11 is 0. The quantitative estimate of drug-likeness (QED) is 0.600. The van der Waals surface area contributed by atoms with Crippen molar-refractivity contribution in [3.8, 4) is 0 Å². The molecule has 1 rings (SSSR count). The van der Waals surface area contributed by atoms with E-state index in [4.69, 9.17) is 5.11 Å². The summed E-state index contributed by atoms with van der Waals surface area (Å²) in [5.41, 5.74) is 0. The highest BCUT2D eigenvalue weighted by atomic mass is 16.4. The van der Waals surface area contributed by atoms with Crippen molar-refractivity contribution >= 4 is 12.0 Å². The first kappa shape index (κ1) is 14.8. The van der Waals surface area contributed by atoms with Gasteiger partial charge in [0, 0.05) is 19.6 Å². The molecule has 0 bridgehead atoms. The first-order valence-electron chi connectivity index (χ1n) is 6.52. The molecule has 1 aliphatic heterocycles. The van der Waals surface area contributed by atoms with Crippen molar-refractivity contribution in [3.63, 3.8) is 0 Å². The van der Waals surface area contributed by atoms with E-state index in [1.807, 2.05) is 13.8 Å². The van der Waals surface area contributed by atoms with Crippen LogP contribution in [0.2, 0.25) is 0 Å². The van der Waals surface area contributed by atoms with Crippen LogP contribution in [0.5, 0.6) is 0 Å². The Balaban J connectivity index is 2.25. The Kier molecular flexibility index (Phi) is 5.91. The second-order valence-corrected chi connectivity index (χ2v) is 4.77. The number of carbonyl (C=O) groups is 2. The number of hydrogen-bond acceptors (Lipinski definition) is 3. The molecule has 0 aromatic heterocycles. The fourth-order valence-corrected chi connectivity index (χ4v) is 2.15. The largest absolute Gasteiger partial charge is 0.481 e. The number of hydrogen-bond donors (Lipinski definition) is 3. The van der Waals surface area contributed by atoms with E-state index in [0.717, 1.165) is 19.5 Å². The van der Waals surface area contributed by atoms with Crippen LogP contribution < -0.4 is 10.6 Å². The third-order valence-corrected chi connectivity index (χ3v) is 3.27. The maximum Gasteiger partial charge on any atom is 0.317 e. The molecule has 0 saturated carbocycles. The van der Waals surface area contributed by atoms with E-state index < -0.39 is 11.9 Å². The number of nitrogens with zero attached hydrogens (tertiary/aromatic N) is 1. The van der Waals surface area contributed by atoms with E-state index >= 15 is 0 Å². The number of carbonyl (C=O) groups excluding carboxylic acids is 1. The molecule has 104 valence electrons. The van der Waals surface area contributed by atoms with Crippen molar-refractivity contribution in [1.29, 1.82) is 0 Å². The summed E-state index contributed by atoms with van der Waals surface area (Å²) in [7, 11) is 0. The van der Waals surface area contributed by atoms with Crippen molar-refractivity contribution in [2.24, 2.45) is 11.8 Å². The first-order chi connectivity index (χ1) is 8.56. The molecule has 0 spiro atoms. The molecule has 1 saturated heterocycles. The van der Waals surface area contributed by atoms with Crippen molar-refractivity contribution < 1.29 is 14.7 Å². The highest BCUT2D eigenvalue weighted by Gasteiger charge is 2.36. The molecule has 3 N–H and O–H groups in total. The molecule has 1 heterocycles. The fourth-order valence-electron chi connectivity index (χ4n) is 2.15. The van der Waals surface area contributed by atoms with Crippen LogP contribution in [0.15, 0.2) is 0 Å². The van der Waals surface area contributed by atoms with Crippen LogP contribution >= 0.6 is 0 Å². The Bertz CT molecular complexity index is 296. The first-order valence-corrected chi connectivity index (χ1v) is 6.52. The van der Waals surface area contributed by atoms with Gasteiger partial charge in [-0.3, -0.25) is 4.79 Å². The lowest BCUT2D eigenvalue weighted by Gasteiger charge is -2.16. The number of likely N-dealkylation sites (tertiary alicyclic amines) is 1. The number of rotatable bonds is 6. The van der Waals surface area contributed by atoms with Crippen molar-refractivity contribution in [2.45, 2.75) is 20.3 Å². The maximum atomic E-state index is 11.8. The molecule has 1 aliphatic rings. The van der Waals surface area contributed by atoms with Crippen LogP contribution in [0, 0.1) is 11.8 Å². The highest BCUT2D eigenvalue weighted by molar-refractivity contribution is 5.77. The fraction of sp³-hybridized carbons (Fsp3) is 0.833. The third-order valence-electron chi connectivity index (χ3n) is 3.27. The molecule has 0 aliphatic carbocycles. The van der Waals surface area contributed by atoms with E-state index in [2.05, 4.69) is 10.6 Å². The Labute approximate surface area is 108 Å². The zero-order valence-corrected chi connectivity index (χ0v) is 11.1. The molecule has 0 aromatic carbocycles. The molecule has 6 nitrogen and oxygen atoms in total. The van der Waals surface area contributed by atoms with Crippen LogP contribution in [0.1, 0.15) is 20.3 Å². The van der Waals surface area contributed by atoms with Gasteiger partial charge < -0.3 is 20.6 Å². The maximum absolute atomic E-state index is 11.8. The van der Waals surface area contributed by atoms with E-state index in [-0.39, 0.29) is 11.9 Å². The predicted molar refractivity (Wildman–Crippen MR) is 68.4 cm³/mol. The monoisotopic (exact) mass is 257 g/mol. The summed E-state index contributed by atoms with van der Waals surface area (Å²) < 4.78 is 0. The normalized spacial score (nSPS) is 23.1. The van der Waals surface area contributed by atoms with Gasteiger partial charge in [-0.1, -0.05) is 13.8 Å². The SMILES string of the molecule is CCNCCCNC(=O)N1C[C@@H](C)[C@H](C(=O)O)C1. The number of aliphatic carboxylic acids is 1. The van der Waals surface area contributed by atoms with Gasteiger partial charge in [0.15, 0.2) is 0 Å². The van der Waals surface area contributed by atoms with Gasteiger partial charge >= 0.3 is 12.0 Å². The Morgan fingerprint density at radius 2 is 2.06 bits per heavy atom. The van der Waals surface area contributed by atoms with Gasteiger partial charge in [0.05, 0.1) is 5.92 Å². The van der Waals surface area contributed by atoms with Crippen LogP contribution in [-0.4, -0.2) is 54.7 Å². The number of amides is 2. The minimum Gasteiger partial charge on any atom is -0.481 e. The molecule has 2 atom stereocenters. The Morgan fingerprint density at radius 3 is 2.61 bits per heavy atom. The van der Waals surface area contributed by atoms with Crippen LogP contribution in [0.3, 0.4) is 0 Å². The summed E-state index contributed by atoms with van der Waals surface area (Å²) in [6.07, 6.45) is 0.880. The molecule has 0 unspecified atom stereocenters. The second-order valence-electron chi connectivity index (χ2n) is 4.77. The standard InChI is InChI=1S/C12H23N3O3/c1-3-13-5-4-6-14-12(18)15-7-9(2)10(8-15)11(16)17/h9-10,13H,3-8H2,1-2H3,(H,14,18)(H,16,17)/t9-,10-/m1/s1. The molecule has 0 aromatic rings. The molecular weight excluding hydrogens is 234 g/mol. The topological polar surface area (TPSA) is 81.7 Å². The van der Waals surface area contributed by atoms with Crippen molar-refractivity contribution in [1.82, 2.24) is 15.5 Å². The van der Waals surface area contributed by atoms with Gasteiger partial charge in [-0.2, -0.15) is 0 Å². The molecular formula is C12H23N3O3. The lowest BCUT2D eigenvalue weighted by Crippen LogP contribution is -2.40. The summed E-state index contributed by atoms with van der Waals surface area (Å²) in [6, 6.07) is -0.151. The van der Waals surface area contributed by atoms with Crippen LogP contribution in [-0.2, 0) is 4.79 Å². The minimum atomic E-state index is -0.815. The number of nitrogens with one attached hydrogen (secondary N) is 2. The van der Waals surface area contributed by atoms with Crippen molar-refractivity contribution in [3.05, 3.63) is 0 Å². The van der Waals surface area contributed by atoms with Gasteiger partial charge in [0.25, 0.3) is 0 Å².